The highest BCUT2D eigenvalue weighted by atomic mass is 35.5. The summed E-state index contributed by atoms with van der Waals surface area (Å²) < 4.78 is 0. The number of halogens is 1. The number of pyridine rings is 1. The zero-order valence-electron chi connectivity index (χ0n) is 14.8. The lowest BCUT2D eigenvalue weighted by atomic mass is 10.1. The molecule has 0 radical (unpaired) electrons. The SMILES string of the molecule is O=C(c1ccccc1)N1CCN(Cc2cc(Cl)c3cccnc3c2O)CC1. The van der Waals surface area contributed by atoms with Crippen molar-refractivity contribution in [2.24, 2.45) is 0 Å². The van der Waals surface area contributed by atoms with Crippen LogP contribution >= 0.6 is 11.6 Å². The van der Waals surface area contributed by atoms with Crippen molar-refractivity contribution in [3.8, 4) is 5.75 Å². The zero-order valence-corrected chi connectivity index (χ0v) is 15.6. The van der Waals surface area contributed by atoms with Crippen LogP contribution in [0.25, 0.3) is 10.9 Å². The van der Waals surface area contributed by atoms with Crippen molar-refractivity contribution in [1.29, 1.82) is 0 Å². The molecule has 0 spiro atoms. The Balaban J connectivity index is 1.45. The van der Waals surface area contributed by atoms with Gasteiger partial charge in [0.05, 0.1) is 5.02 Å². The summed E-state index contributed by atoms with van der Waals surface area (Å²) in [6.07, 6.45) is 1.65. The monoisotopic (exact) mass is 381 g/mol. The minimum atomic E-state index is 0.0658. The molecule has 138 valence electrons. The van der Waals surface area contributed by atoms with Crippen LogP contribution in [0.2, 0.25) is 5.02 Å². The Bertz CT molecular complexity index is 970. The first-order valence-corrected chi connectivity index (χ1v) is 9.33. The molecular formula is C21H20ClN3O2. The molecule has 1 aromatic heterocycles. The van der Waals surface area contributed by atoms with Crippen LogP contribution in [-0.4, -0.2) is 52.0 Å². The second-order valence-corrected chi connectivity index (χ2v) is 7.11. The Labute approximate surface area is 162 Å². The number of benzene rings is 2. The molecule has 1 aliphatic heterocycles. The van der Waals surface area contributed by atoms with Gasteiger partial charge in [-0.3, -0.25) is 14.7 Å². The number of carbonyl (C=O) groups excluding carboxylic acids is 1. The zero-order chi connectivity index (χ0) is 18.8. The van der Waals surface area contributed by atoms with E-state index in [9.17, 15) is 9.90 Å². The minimum Gasteiger partial charge on any atom is -0.505 e. The standard InChI is InChI=1S/C21H20ClN3O2/c22-18-13-16(20(26)19-17(18)7-4-8-23-19)14-24-9-11-25(12-10-24)21(27)15-5-2-1-3-6-15/h1-8,13,26H,9-12,14H2. The predicted molar refractivity (Wildman–Crippen MR) is 106 cm³/mol. The Morgan fingerprint density at radius 3 is 2.56 bits per heavy atom. The molecule has 3 aromatic rings. The highest BCUT2D eigenvalue weighted by Crippen LogP contribution is 2.33. The van der Waals surface area contributed by atoms with Crippen LogP contribution in [-0.2, 0) is 6.54 Å². The van der Waals surface area contributed by atoms with Crippen molar-refractivity contribution in [2.45, 2.75) is 6.54 Å². The fraction of sp³-hybridized carbons (Fsp3) is 0.238. The predicted octanol–water partition coefficient (Wildman–Crippen LogP) is 3.55. The van der Waals surface area contributed by atoms with Crippen LogP contribution in [0.5, 0.6) is 5.75 Å². The molecule has 0 unspecified atom stereocenters. The Kier molecular flexibility index (Phi) is 4.97. The number of hydrogen-bond donors (Lipinski definition) is 1. The van der Waals surface area contributed by atoms with Gasteiger partial charge in [-0.25, -0.2) is 0 Å². The number of piperazine rings is 1. The molecule has 2 heterocycles. The lowest BCUT2D eigenvalue weighted by molar-refractivity contribution is 0.0627. The number of hydrogen-bond acceptors (Lipinski definition) is 4. The lowest BCUT2D eigenvalue weighted by Gasteiger charge is -2.35. The van der Waals surface area contributed by atoms with Crippen molar-refractivity contribution in [1.82, 2.24) is 14.8 Å². The molecule has 0 atom stereocenters. The largest absolute Gasteiger partial charge is 0.505 e. The van der Waals surface area contributed by atoms with Crippen molar-refractivity contribution in [3.63, 3.8) is 0 Å². The molecule has 5 nitrogen and oxygen atoms in total. The van der Waals surface area contributed by atoms with Gasteiger partial charge in [0, 0.05) is 55.4 Å². The van der Waals surface area contributed by atoms with Gasteiger partial charge < -0.3 is 10.0 Å². The molecule has 1 N–H and O–H groups in total. The maximum absolute atomic E-state index is 12.6. The van der Waals surface area contributed by atoms with Crippen LogP contribution in [0.15, 0.2) is 54.7 Å². The van der Waals surface area contributed by atoms with E-state index in [0.717, 1.165) is 29.6 Å². The number of aromatic hydroxyl groups is 1. The van der Waals surface area contributed by atoms with E-state index in [2.05, 4.69) is 9.88 Å². The van der Waals surface area contributed by atoms with Gasteiger partial charge in [0.1, 0.15) is 11.3 Å². The number of phenols is 1. The van der Waals surface area contributed by atoms with Gasteiger partial charge in [-0.15, -0.1) is 0 Å². The highest BCUT2D eigenvalue weighted by Gasteiger charge is 2.23. The van der Waals surface area contributed by atoms with Gasteiger partial charge in [-0.05, 0) is 30.3 Å². The average molecular weight is 382 g/mol. The van der Waals surface area contributed by atoms with Gasteiger partial charge in [-0.2, -0.15) is 0 Å². The third-order valence-electron chi connectivity index (χ3n) is 4.97. The molecule has 2 aromatic carbocycles. The third kappa shape index (κ3) is 3.61. The second-order valence-electron chi connectivity index (χ2n) is 6.70. The maximum atomic E-state index is 12.6. The Hall–Kier alpha value is -2.63. The molecule has 1 aliphatic rings. The molecule has 0 bridgehead atoms. The Morgan fingerprint density at radius 1 is 1.07 bits per heavy atom. The second kappa shape index (κ2) is 7.55. The van der Waals surface area contributed by atoms with Gasteiger partial charge in [-0.1, -0.05) is 29.8 Å². The number of rotatable bonds is 3. The van der Waals surface area contributed by atoms with E-state index in [1.807, 2.05) is 47.4 Å². The summed E-state index contributed by atoms with van der Waals surface area (Å²) in [6.45, 7) is 3.39. The van der Waals surface area contributed by atoms with Crippen molar-refractivity contribution in [3.05, 3.63) is 70.9 Å². The van der Waals surface area contributed by atoms with E-state index in [0.29, 0.717) is 30.2 Å². The summed E-state index contributed by atoms with van der Waals surface area (Å²) in [5.41, 5.74) is 2.00. The van der Waals surface area contributed by atoms with Gasteiger partial charge in [0.2, 0.25) is 0 Å². The first-order chi connectivity index (χ1) is 13.1. The van der Waals surface area contributed by atoms with Crippen molar-refractivity contribution < 1.29 is 9.90 Å². The number of carbonyl (C=O) groups is 1. The average Bonchev–Trinajstić information content (AvgIpc) is 2.72. The van der Waals surface area contributed by atoms with Crippen LogP contribution in [0, 0.1) is 0 Å². The molecule has 1 saturated heterocycles. The summed E-state index contributed by atoms with van der Waals surface area (Å²) in [7, 11) is 0. The molecule has 1 fully saturated rings. The number of aromatic nitrogens is 1. The topological polar surface area (TPSA) is 56.7 Å². The maximum Gasteiger partial charge on any atom is 0.253 e. The third-order valence-corrected chi connectivity index (χ3v) is 5.28. The quantitative estimate of drug-likeness (QED) is 0.753. The highest BCUT2D eigenvalue weighted by molar-refractivity contribution is 6.35. The first kappa shape index (κ1) is 17.8. The number of fused-ring (bicyclic) bond motifs is 1. The smallest absolute Gasteiger partial charge is 0.253 e. The molecule has 0 aliphatic carbocycles. The summed E-state index contributed by atoms with van der Waals surface area (Å²) in [4.78, 5) is 20.9. The Morgan fingerprint density at radius 2 is 1.81 bits per heavy atom. The molecule has 27 heavy (non-hydrogen) atoms. The molecule has 6 heteroatoms. The van der Waals surface area contributed by atoms with Gasteiger partial charge >= 0.3 is 0 Å². The van der Waals surface area contributed by atoms with E-state index in [4.69, 9.17) is 11.6 Å². The van der Waals surface area contributed by atoms with E-state index < -0.39 is 0 Å². The summed E-state index contributed by atoms with van der Waals surface area (Å²) in [6, 6.07) is 14.8. The molecule has 4 rings (SSSR count). The molecule has 0 saturated carbocycles. The first-order valence-electron chi connectivity index (χ1n) is 8.95. The van der Waals surface area contributed by atoms with E-state index >= 15 is 0 Å². The number of amides is 1. The minimum absolute atomic E-state index is 0.0658. The fourth-order valence-corrected chi connectivity index (χ4v) is 3.76. The lowest BCUT2D eigenvalue weighted by Crippen LogP contribution is -2.48. The van der Waals surface area contributed by atoms with Gasteiger partial charge in [0.25, 0.3) is 5.91 Å². The van der Waals surface area contributed by atoms with Crippen molar-refractivity contribution >= 4 is 28.4 Å². The normalized spacial score (nSPS) is 15.2. The summed E-state index contributed by atoms with van der Waals surface area (Å²) in [5, 5.41) is 11.9. The van der Waals surface area contributed by atoms with Crippen LogP contribution in [0.4, 0.5) is 0 Å². The summed E-state index contributed by atoms with van der Waals surface area (Å²) in [5.74, 6) is 0.244. The van der Waals surface area contributed by atoms with Crippen LogP contribution in [0.1, 0.15) is 15.9 Å². The molecular weight excluding hydrogens is 362 g/mol. The van der Waals surface area contributed by atoms with Crippen LogP contribution < -0.4 is 0 Å². The van der Waals surface area contributed by atoms with Gasteiger partial charge in [0.15, 0.2) is 0 Å². The summed E-state index contributed by atoms with van der Waals surface area (Å²) >= 11 is 6.36. The van der Waals surface area contributed by atoms with Crippen molar-refractivity contribution in [2.75, 3.05) is 26.2 Å². The van der Waals surface area contributed by atoms with Crippen LogP contribution in [0.3, 0.4) is 0 Å². The number of phenolic OH excluding ortho intramolecular Hbond substituents is 1. The molecule has 1 amide bonds. The number of nitrogens with zero attached hydrogens (tertiary/aromatic N) is 3. The van der Waals surface area contributed by atoms with E-state index in [1.165, 1.54) is 0 Å². The fourth-order valence-electron chi connectivity index (χ4n) is 3.47. The van der Waals surface area contributed by atoms with E-state index in [1.54, 1.807) is 12.3 Å². The van der Waals surface area contributed by atoms with E-state index in [-0.39, 0.29) is 11.7 Å².